The smallest absolute Gasteiger partial charge is 0.258 e. The molecule has 0 radical (unpaired) electrons. The van der Waals surface area contributed by atoms with E-state index in [1.165, 1.54) is 6.07 Å². The Hall–Kier alpha value is -1.89. The molecule has 0 atom stereocenters. The second-order valence-electron chi connectivity index (χ2n) is 2.65. The summed E-state index contributed by atoms with van der Waals surface area (Å²) in [6.07, 6.45) is 0.216. The van der Waals surface area contributed by atoms with Crippen LogP contribution < -0.4 is 0 Å². The van der Waals surface area contributed by atoms with Crippen molar-refractivity contribution in [1.82, 2.24) is 0 Å². The Morgan fingerprint density at radius 2 is 2.31 bits per heavy atom. The van der Waals surface area contributed by atoms with E-state index in [1.807, 2.05) is 6.07 Å². The van der Waals surface area contributed by atoms with Gasteiger partial charge in [-0.2, -0.15) is 5.26 Å². The summed E-state index contributed by atoms with van der Waals surface area (Å²) in [4.78, 5) is 10.1. The Morgan fingerprint density at radius 1 is 1.62 bits per heavy atom. The predicted octanol–water partition coefficient (Wildman–Crippen LogP) is 1.97. The summed E-state index contributed by atoms with van der Waals surface area (Å²) in [5.74, 6) is 0. The van der Waals surface area contributed by atoms with Crippen LogP contribution in [0, 0.1) is 28.4 Å². The maximum Gasteiger partial charge on any atom is 0.272 e. The Morgan fingerprint density at radius 3 is 2.85 bits per heavy atom. The Labute approximate surface area is 75.6 Å². The molecule has 0 fully saturated rings. The van der Waals surface area contributed by atoms with Gasteiger partial charge in [-0.1, -0.05) is 12.1 Å². The monoisotopic (exact) mass is 176 g/mol. The van der Waals surface area contributed by atoms with Crippen molar-refractivity contribution in [2.45, 2.75) is 13.3 Å². The van der Waals surface area contributed by atoms with Crippen molar-refractivity contribution in [3.63, 3.8) is 0 Å². The molecule has 0 bridgehead atoms. The van der Waals surface area contributed by atoms with E-state index in [0.717, 1.165) is 5.56 Å². The SMILES string of the molecule is Cc1c(CC#N)cccc1[N+](=O)[O-]. The summed E-state index contributed by atoms with van der Waals surface area (Å²) in [6, 6.07) is 6.73. The molecule has 0 amide bonds. The lowest BCUT2D eigenvalue weighted by Gasteiger charge is -2.00. The van der Waals surface area contributed by atoms with Gasteiger partial charge in [0, 0.05) is 11.6 Å². The van der Waals surface area contributed by atoms with Gasteiger partial charge in [0.25, 0.3) is 5.69 Å². The first-order valence-corrected chi connectivity index (χ1v) is 3.76. The van der Waals surface area contributed by atoms with E-state index in [2.05, 4.69) is 0 Å². The summed E-state index contributed by atoms with van der Waals surface area (Å²) in [6.45, 7) is 1.66. The molecule has 4 nitrogen and oxygen atoms in total. The summed E-state index contributed by atoms with van der Waals surface area (Å²) in [7, 11) is 0. The highest BCUT2D eigenvalue weighted by atomic mass is 16.6. The number of rotatable bonds is 2. The van der Waals surface area contributed by atoms with E-state index in [4.69, 9.17) is 5.26 Å². The number of nitrogens with zero attached hydrogens (tertiary/aromatic N) is 2. The normalized spacial score (nSPS) is 9.23. The van der Waals surface area contributed by atoms with E-state index < -0.39 is 4.92 Å². The second-order valence-corrected chi connectivity index (χ2v) is 2.65. The first-order chi connectivity index (χ1) is 6.16. The lowest BCUT2D eigenvalue weighted by atomic mass is 10.0. The molecule has 0 saturated heterocycles. The Bertz CT molecular complexity index is 380. The molecule has 66 valence electrons. The molecule has 0 unspecified atom stereocenters. The van der Waals surface area contributed by atoms with Crippen LogP contribution in [-0.2, 0) is 6.42 Å². The highest BCUT2D eigenvalue weighted by Crippen LogP contribution is 2.20. The number of nitro benzene ring substituents is 1. The second kappa shape index (κ2) is 3.68. The van der Waals surface area contributed by atoms with E-state index in [9.17, 15) is 10.1 Å². The molecule has 0 aliphatic carbocycles. The number of hydrogen-bond donors (Lipinski definition) is 0. The molecule has 0 saturated carbocycles. The topological polar surface area (TPSA) is 66.9 Å². The Balaban J connectivity index is 3.20. The van der Waals surface area contributed by atoms with Crippen molar-refractivity contribution in [3.8, 4) is 6.07 Å². The number of benzene rings is 1. The van der Waals surface area contributed by atoms with Crippen molar-refractivity contribution in [1.29, 1.82) is 5.26 Å². The minimum Gasteiger partial charge on any atom is -0.258 e. The molecule has 1 aromatic carbocycles. The molecule has 0 spiro atoms. The van der Waals surface area contributed by atoms with Crippen molar-refractivity contribution in [3.05, 3.63) is 39.4 Å². The molecule has 0 heterocycles. The fourth-order valence-corrected chi connectivity index (χ4v) is 1.14. The highest BCUT2D eigenvalue weighted by Gasteiger charge is 2.12. The van der Waals surface area contributed by atoms with Gasteiger partial charge in [-0.05, 0) is 12.5 Å². The standard InChI is InChI=1S/C9H8N2O2/c1-7-8(5-6-10)3-2-4-9(7)11(12)13/h2-4H,5H2,1H3. The molecule has 0 N–H and O–H groups in total. The zero-order valence-corrected chi connectivity index (χ0v) is 7.15. The average molecular weight is 176 g/mol. The van der Waals surface area contributed by atoms with Gasteiger partial charge in [0.2, 0.25) is 0 Å². The van der Waals surface area contributed by atoms with Gasteiger partial charge < -0.3 is 0 Å². The van der Waals surface area contributed by atoms with Gasteiger partial charge in [-0.3, -0.25) is 10.1 Å². The fourth-order valence-electron chi connectivity index (χ4n) is 1.14. The largest absolute Gasteiger partial charge is 0.272 e. The molecule has 4 heteroatoms. The van der Waals surface area contributed by atoms with Gasteiger partial charge in [-0.15, -0.1) is 0 Å². The summed E-state index contributed by atoms with van der Waals surface area (Å²) in [5, 5.41) is 19.0. The van der Waals surface area contributed by atoms with Gasteiger partial charge in [0.15, 0.2) is 0 Å². The molecule has 0 aromatic heterocycles. The third-order valence-electron chi connectivity index (χ3n) is 1.88. The maximum absolute atomic E-state index is 10.5. The molecular formula is C9H8N2O2. The van der Waals surface area contributed by atoms with Gasteiger partial charge in [-0.25, -0.2) is 0 Å². The number of nitriles is 1. The summed E-state index contributed by atoms with van der Waals surface area (Å²) in [5.41, 5.74) is 1.37. The zero-order valence-electron chi connectivity index (χ0n) is 7.15. The lowest BCUT2D eigenvalue weighted by Crippen LogP contribution is -1.95. The number of nitro groups is 1. The van der Waals surface area contributed by atoms with Crippen LogP contribution in [-0.4, -0.2) is 4.92 Å². The molecule has 1 aromatic rings. The summed E-state index contributed by atoms with van der Waals surface area (Å²) >= 11 is 0. The molecular weight excluding hydrogens is 168 g/mol. The fraction of sp³-hybridized carbons (Fsp3) is 0.222. The van der Waals surface area contributed by atoms with Crippen LogP contribution in [0.25, 0.3) is 0 Å². The molecule has 13 heavy (non-hydrogen) atoms. The minimum absolute atomic E-state index is 0.0766. The molecule has 1 rings (SSSR count). The van der Waals surface area contributed by atoms with Gasteiger partial charge >= 0.3 is 0 Å². The average Bonchev–Trinajstić information content (AvgIpc) is 2.08. The van der Waals surface area contributed by atoms with E-state index in [1.54, 1.807) is 19.1 Å². The first kappa shape index (κ1) is 9.20. The highest BCUT2D eigenvalue weighted by molar-refractivity contribution is 5.45. The van der Waals surface area contributed by atoms with E-state index in [0.29, 0.717) is 5.56 Å². The predicted molar refractivity (Wildman–Crippen MR) is 47.2 cm³/mol. The van der Waals surface area contributed by atoms with Crippen molar-refractivity contribution < 1.29 is 4.92 Å². The Kier molecular flexibility index (Phi) is 2.60. The third kappa shape index (κ3) is 1.82. The van der Waals surface area contributed by atoms with Crippen LogP contribution in [0.2, 0.25) is 0 Å². The van der Waals surface area contributed by atoms with Crippen molar-refractivity contribution >= 4 is 5.69 Å². The summed E-state index contributed by atoms with van der Waals surface area (Å²) < 4.78 is 0. The number of hydrogen-bond acceptors (Lipinski definition) is 3. The van der Waals surface area contributed by atoms with Crippen molar-refractivity contribution in [2.24, 2.45) is 0 Å². The third-order valence-corrected chi connectivity index (χ3v) is 1.88. The van der Waals surface area contributed by atoms with Gasteiger partial charge in [0.1, 0.15) is 0 Å². The van der Waals surface area contributed by atoms with Crippen LogP contribution in [0.15, 0.2) is 18.2 Å². The van der Waals surface area contributed by atoms with E-state index >= 15 is 0 Å². The van der Waals surface area contributed by atoms with Crippen LogP contribution in [0.5, 0.6) is 0 Å². The van der Waals surface area contributed by atoms with Crippen LogP contribution in [0.3, 0.4) is 0 Å². The molecule has 0 aliphatic rings. The quantitative estimate of drug-likeness (QED) is 0.511. The maximum atomic E-state index is 10.5. The molecule has 0 aliphatic heterocycles. The van der Waals surface area contributed by atoms with Crippen LogP contribution in [0.1, 0.15) is 11.1 Å². The lowest BCUT2D eigenvalue weighted by molar-refractivity contribution is -0.385. The van der Waals surface area contributed by atoms with Crippen LogP contribution in [0.4, 0.5) is 5.69 Å². The van der Waals surface area contributed by atoms with E-state index in [-0.39, 0.29) is 12.1 Å². The van der Waals surface area contributed by atoms with Gasteiger partial charge in [0.05, 0.1) is 17.4 Å². The van der Waals surface area contributed by atoms with Crippen molar-refractivity contribution in [2.75, 3.05) is 0 Å². The van der Waals surface area contributed by atoms with Crippen LogP contribution >= 0.6 is 0 Å². The zero-order chi connectivity index (χ0) is 9.84. The first-order valence-electron chi connectivity index (χ1n) is 3.76. The minimum atomic E-state index is -0.434.